The van der Waals surface area contributed by atoms with Crippen LogP contribution in [0.4, 0.5) is 5.69 Å². The molecular weight excluding hydrogens is 332 g/mol. The summed E-state index contributed by atoms with van der Waals surface area (Å²) >= 11 is 10.7. The summed E-state index contributed by atoms with van der Waals surface area (Å²) in [6.07, 6.45) is 0.886. The van der Waals surface area contributed by atoms with Crippen molar-refractivity contribution in [2.75, 3.05) is 16.5 Å². The first-order chi connectivity index (χ1) is 8.68. The number of thiocarbonyl (C=S) groups is 1. The van der Waals surface area contributed by atoms with Crippen molar-refractivity contribution in [1.29, 1.82) is 0 Å². The summed E-state index contributed by atoms with van der Waals surface area (Å²) in [5, 5.41) is 0.638. The number of carbonyl (C=O) groups excluding carboxylic acids is 1. The molecular formula is C12H11BrN2OS2. The molecule has 0 aliphatic carbocycles. The van der Waals surface area contributed by atoms with Crippen LogP contribution in [0.2, 0.25) is 0 Å². The molecule has 0 aromatic heterocycles. The van der Waals surface area contributed by atoms with Crippen molar-refractivity contribution in [2.45, 2.75) is 12.5 Å². The van der Waals surface area contributed by atoms with Crippen LogP contribution in [0.5, 0.6) is 0 Å². The molecule has 1 atom stereocenters. The topological polar surface area (TPSA) is 23.6 Å². The summed E-state index contributed by atoms with van der Waals surface area (Å²) in [5.74, 6) is 1.97. The Balaban J connectivity index is 1.95. The van der Waals surface area contributed by atoms with Gasteiger partial charge in [-0.2, -0.15) is 0 Å². The highest BCUT2D eigenvalue weighted by Crippen LogP contribution is 2.32. The zero-order valence-corrected chi connectivity index (χ0v) is 12.7. The zero-order valence-electron chi connectivity index (χ0n) is 9.51. The Hall–Kier alpha value is -0.590. The number of halogens is 1. The van der Waals surface area contributed by atoms with Gasteiger partial charge in [0.25, 0.3) is 5.91 Å². The first-order valence-electron chi connectivity index (χ1n) is 5.66. The van der Waals surface area contributed by atoms with Gasteiger partial charge in [0.1, 0.15) is 6.04 Å². The third-order valence-electron chi connectivity index (χ3n) is 3.17. The number of fused-ring (bicyclic) bond motifs is 1. The maximum Gasteiger partial charge on any atom is 0.256 e. The molecule has 3 nitrogen and oxygen atoms in total. The number of anilines is 1. The summed E-state index contributed by atoms with van der Waals surface area (Å²) in [6.45, 7) is 0. The SMILES string of the molecule is O=C1C2CCSCN2C(=S)N1c1ccc(Br)cc1. The number of rotatable bonds is 1. The van der Waals surface area contributed by atoms with E-state index in [0.29, 0.717) is 5.11 Å². The number of thioether (sulfide) groups is 1. The van der Waals surface area contributed by atoms with E-state index >= 15 is 0 Å². The van der Waals surface area contributed by atoms with Crippen molar-refractivity contribution >= 4 is 56.6 Å². The van der Waals surface area contributed by atoms with Gasteiger partial charge in [-0.25, -0.2) is 0 Å². The Bertz CT molecular complexity index is 481. The number of hydrogen-bond donors (Lipinski definition) is 0. The summed E-state index contributed by atoms with van der Waals surface area (Å²) in [7, 11) is 0. The zero-order chi connectivity index (χ0) is 12.7. The van der Waals surface area contributed by atoms with Crippen molar-refractivity contribution in [2.24, 2.45) is 0 Å². The van der Waals surface area contributed by atoms with Crippen LogP contribution in [0.3, 0.4) is 0 Å². The van der Waals surface area contributed by atoms with E-state index in [-0.39, 0.29) is 11.9 Å². The molecule has 0 radical (unpaired) electrons. The fourth-order valence-electron chi connectivity index (χ4n) is 2.25. The van der Waals surface area contributed by atoms with E-state index in [2.05, 4.69) is 15.9 Å². The van der Waals surface area contributed by atoms with Crippen LogP contribution in [0.1, 0.15) is 6.42 Å². The number of hydrogen-bond acceptors (Lipinski definition) is 3. The Labute approximate surface area is 124 Å². The van der Waals surface area contributed by atoms with Crippen LogP contribution in [0.25, 0.3) is 0 Å². The fraction of sp³-hybridized carbons (Fsp3) is 0.333. The molecule has 1 aromatic rings. The number of carbonyl (C=O) groups is 1. The van der Waals surface area contributed by atoms with E-state index in [1.54, 1.807) is 4.90 Å². The second kappa shape index (κ2) is 4.83. The quantitative estimate of drug-likeness (QED) is 0.732. The van der Waals surface area contributed by atoms with Crippen molar-refractivity contribution in [1.82, 2.24) is 4.90 Å². The molecule has 2 aliphatic rings. The van der Waals surface area contributed by atoms with Crippen molar-refractivity contribution in [3.63, 3.8) is 0 Å². The van der Waals surface area contributed by atoms with Gasteiger partial charge in [0.2, 0.25) is 0 Å². The monoisotopic (exact) mass is 342 g/mol. The van der Waals surface area contributed by atoms with Crippen LogP contribution >= 0.6 is 39.9 Å². The summed E-state index contributed by atoms with van der Waals surface area (Å²) in [4.78, 5) is 16.1. The summed E-state index contributed by atoms with van der Waals surface area (Å²) in [6, 6.07) is 7.64. The normalized spacial score (nSPS) is 23.5. The minimum absolute atomic E-state index is 0.0533. The first-order valence-corrected chi connectivity index (χ1v) is 8.02. The molecule has 1 unspecified atom stereocenters. The minimum Gasteiger partial charge on any atom is -0.327 e. The third kappa shape index (κ3) is 1.96. The van der Waals surface area contributed by atoms with Crippen LogP contribution in [0.15, 0.2) is 28.7 Å². The maximum absolute atomic E-state index is 12.4. The van der Waals surface area contributed by atoms with Crippen LogP contribution in [-0.2, 0) is 4.79 Å². The van der Waals surface area contributed by atoms with Gasteiger partial charge in [-0.15, -0.1) is 11.8 Å². The number of nitrogens with zero attached hydrogens (tertiary/aromatic N) is 2. The van der Waals surface area contributed by atoms with E-state index in [9.17, 15) is 4.79 Å². The Kier molecular flexibility index (Phi) is 3.34. The standard InChI is InChI=1S/C12H11BrN2OS2/c13-8-1-3-9(4-2-8)15-11(16)10-5-6-18-7-14(10)12(15)17/h1-4,10H,5-7H2. The van der Waals surface area contributed by atoms with Gasteiger partial charge >= 0.3 is 0 Å². The van der Waals surface area contributed by atoms with Crippen molar-refractivity contribution in [3.8, 4) is 0 Å². The largest absolute Gasteiger partial charge is 0.327 e. The molecule has 2 aliphatic heterocycles. The summed E-state index contributed by atoms with van der Waals surface area (Å²) in [5.41, 5.74) is 0.854. The second-order valence-electron chi connectivity index (χ2n) is 4.24. The van der Waals surface area contributed by atoms with Gasteiger partial charge in [-0.05, 0) is 48.7 Å². The molecule has 6 heteroatoms. The molecule has 18 heavy (non-hydrogen) atoms. The fourth-order valence-corrected chi connectivity index (χ4v) is 4.00. The van der Waals surface area contributed by atoms with Crippen molar-refractivity contribution in [3.05, 3.63) is 28.7 Å². The third-order valence-corrected chi connectivity index (χ3v) is 5.10. The maximum atomic E-state index is 12.4. The van der Waals surface area contributed by atoms with Gasteiger partial charge in [0.15, 0.2) is 5.11 Å². The molecule has 2 saturated heterocycles. The lowest BCUT2D eigenvalue weighted by atomic mass is 10.2. The van der Waals surface area contributed by atoms with E-state index in [0.717, 1.165) is 28.2 Å². The van der Waals surface area contributed by atoms with Crippen LogP contribution in [-0.4, -0.2) is 33.6 Å². The van der Waals surface area contributed by atoms with E-state index in [4.69, 9.17) is 12.2 Å². The predicted molar refractivity (Wildman–Crippen MR) is 81.8 cm³/mol. The molecule has 1 aromatic carbocycles. The van der Waals surface area contributed by atoms with Gasteiger partial charge in [-0.3, -0.25) is 9.69 Å². The van der Waals surface area contributed by atoms with Crippen molar-refractivity contribution < 1.29 is 4.79 Å². The number of benzene rings is 1. The second-order valence-corrected chi connectivity index (χ2v) is 6.60. The van der Waals surface area contributed by atoms with Gasteiger partial charge < -0.3 is 4.90 Å². The molecule has 0 N–H and O–H groups in total. The predicted octanol–water partition coefficient (Wildman–Crippen LogP) is 2.85. The average Bonchev–Trinajstić information content (AvgIpc) is 2.64. The molecule has 2 fully saturated rings. The first kappa shape index (κ1) is 12.4. The van der Waals surface area contributed by atoms with E-state index in [1.165, 1.54) is 0 Å². The highest BCUT2D eigenvalue weighted by atomic mass is 79.9. The average molecular weight is 343 g/mol. The Morgan fingerprint density at radius 1 is 1.33 bits per heavy atom. The molecule has 1 amide bonds. The Morgan fingerprint density at radius 3 is 2.72 bits per heavy atom. The Morgan fingerprint density at radius 2 is 2.06 bits per heavy atom. The molecule has 3 rings (SSSR count). The van der Waals surface area contributed by atoms with Gasteiger partial charge in [0.05, 0.1) is 11.6 Å². The van der Waals surface area contributed by atoms with E-state index in [1.807, 2.05) is 40.9 Å². The van der Waals surface area contributed by atoms with Gasteiger partial charge in [0, 0.05) is 4.47 Å². The molecule has 2 heterocycles. The molecule has 0 saturated carbocycles. The van der Waals surface area contributed by atoms with E-state index < -0.39 is 0 Å². The van der Waals surface area contributed by atoms with Crippen LogP contribution in [0, 0.1) is 0 Å². The highest BCUT2D eigenvalue weighted by molar-refractivity contribution is 9.10. The highest BCUT2D eigenvalue weighted by Gasteiger charge is 2.44. The lowest BCUT2D eigenvalue weighted by Crippen LogP contribution is -2.38. The summed E-state index contributed by atoms with van der Waals surface area (Å²) < 4.78 is 0.997. The smallest absolute Gasteiger partial charge is 0.256 e. The van der Waals surface area contributed by atoms with Gasteiger partial charge in [-0.1, -0.05) is 15.9 Å². The molecule has 94 valence electrons. The molecule has 0 spiro atoms. The lowest BCUT2D eigenvalue weighted by molar-refractivity contribution is -0.119. The lowest BCUT2D eigenvalue weighted by Gasteiger charge is -2.27. The number of amides is 1. The molecule has 0 bridgehead atoms. The van der Waals surface area contributed by atoms with Crippen LogP contribution < -0.4 is 4.90 Å². The minimum atomic E-state index is -0.0533.